The van der Waals surface area contributed by atoms with E-state index in [2.05, 4.69) is 0 Å². The summed E-state index contributed by atoms with van der Waals surface area (Å²) in [6.45, 7) is -0.229. The Labute approximate surface area is 322 Å². The first-order chi connectivity index (χ1) is 27.2. The number of ketones is 2. The van der Waals surface area contributed by atoms with Crippen LogP contribution in [-0.2, 0) is 36.9 Å². The number of fused-ring (bicyclic) bond motifs is 4. The fraction of sp³-hybridized carbons (Fsp3) is 0.273. The van der Waals surface area contributed by atoms with E-state index in [1.54, 1.807) is 91.0 Å². The molecule has 4 aliphatic rings. The molecule has 2 amide bonds. The van der Waals surface area contributed by atoms with Crippen LogP contribution in [-0.4, -0.2) is 41.7 Å². The molecular weight excluding hydrogens is 752 g/mol. The van der Waals surface area contributed by atoms with Gasteiger partial charge in [-0.15, -0.1) is 0 Å². The highest BCUT2D eigenvalue weighted by molar-refractivity contribution is 6.32. The Morgan fingerprint density at radius 2 is 1.37 bits per heavy atom. The van der Waals surface area contributed by atoms with Gasteiger partial charge in [0.25, 0.3) is 0 Å². The zero-order valence-electron chi connectivity index (χ0n) is 29.9. The van der Waals surface area contributed by atoms with E-state index in [1.807, 2.05) is 0 Å². The quantitative estimate of drug-likeness (QED) is 0.116. The van der Waals surface area contributed by atoms with Crippen LogP contribution in [0.1, 0.15) is 46.6 Å². The van der Waals surface area contributed by atoms with Crippen molar-refractivity contribution in [3.63, 3.8) is 0 Å². The standard InChI is InChI=1S/C44H33F6NO6/c45-43(46,47)27-19-28(44(48,49)50)21-29(20-27)51-40(55)32-16-15-31-34(37(32)41(51)56)22-35-39(54)33(24-7-3-1-4-8-24)23-36(53)42(35,26-9-5-2-6-10-26)38(31)25-11-13-30(14-12-25)57-18-17-52/h1-15,19-21,23,32,34-35,37-38,52H,16-18,22H2. The molecule has 0 bridgehead atoms. The number of hydrogen-bond acceptors (Lipinski definition) is 6. The number of carbonyl (C=O) groups is 4. The maximum atomic E-state index is 15.1. The molecule has 0 spiro atoms. The van der Waals surface area contributed by atoms with E-state index in [4.69, 9.17) is 4.74 Å². The molecule has 6 unspecified atom stereocenters. The number of rotatable bonds is 7. The number of anilines is 1. The Morgan fingerprint density at radius 1 is 0.754 bits per heavy atom. The molecular formula is C44H33F6NO6. The van der Waals surface area contributed by atoms with Crippen LogP contribution >= 0.6 is 0 Å². The topological polar surface area (TPSA) is 101 Å². The number of amides is 2. The molecule has 0 aromatic heterocycles. The van der Waals surface area contributed by atoms with Gasteiger partial charge in [-0.1, -0.05) is 84.4 Å². The first-order valence-corrected chi connectivity index (χ1v) is 18.3. The second-order valence-corrected chi connectivity index (χ2v) is 14.7. The Hall–Kier alpha value is -5.82. The molecule has 1 saturated carbocycles. The van der Waals surface area contributed by atoms with Gasteiger partial charge >= 0.3 is 12.4 Å². The Kier molecular flexibility index (Phi) is 9.34. The minimum atomic E-state index is -5.22. The van der Waals surface area contributed by atoms with E-state index in [9.17, 15) is 41.0 Å². The van der Waals surface area contributed by atoms with E-state index in [0.29, 0.717) is 45.0 Å². The normalized spacial score (nSPS) is 26.0. The number of carbonyl (C=O) groups excluding carboxylic acids is 4. The number of alkyl halides is 6. The minimum absolute atomic E-state index is 0.0120. The molecule has 292 valence electrons. The van der Waals surface area contributed by atoms with Crippen molar-refractivity contribution in [2.45, 2.75) is 36.5 Å². The van der Waals surface area contributed by atoms with Gasteiger partial charge in [0.2, 0.25) is 11.8 Å². The van der Waals surface area contributed by atoms with Gasteiger partial charge in [0.15, 0.2) is 11.6 Å². The van der Waals surface area contributed by atoms with E-state index >= 15 is 9.59 Å². The zero-order valence-corrected chi connectivity index (χ0v) is 29.9. The van der Waals surface area contributed by atoms with Crippen LogP contribution in [0.3, 0.4) is 0 Å². The molecule has 1 saturated heterocycles. The summed E-state index contributed by atoms with van der Waals surface area (Å²) >= 11 is 0. The fourth-order valence-electron chi connectivity index (χ4n) is 9.49. The minimum Gasteiger partial charge on any atom is -0.491 e. The molecule has 7 nitrogen and oxygen atoms in total. The first-order valence-electron chi connectivity index (χ1n) is 18.3. The number of Topliss-reactive ketones (excluding diaryl/α,β-unsaturated/α-hetero) is 1. The number of hydrogen-bond donors (Lipinski definition) is 1. The predicted molar refractivity (Wildman–Crippen MR) is 195 cm³/mol. The SMILES string of the molecule is O=C1C(c2ccccc2)=CC(=O)C2(c3ccccc3)C1CC1C(=CCC3C(=O)N(c4cc(C(F)(F)F)cc(C(F)(F)F)c4)C(=O)C31)C2c1ccc(OCCO)cc1. The predicted octanol–water partition coefficient (Wildman–Crippen LogP) is 8.12. The summed E-state index contributed by atoms with van der Waals surface area (Å²) < 4.78 is 89.2. The van der Waals surface area contributed by atoms with Crippen LogP contribution in [0.15, 0.2) is 121 Å². The van der Waals surface area contributed by atoms with Gasteiger partial charge in [-0.3, -0.25) is 19.2 Å². The molecule has 8 rings (SSSR count). The van der Waals surface area contributed by atoms with Crippen LogP contribution in [0, 0.1) is 23.7 Å². The Morgan fingerprint density at radius 3 is 1.96 bits per heavy atom. The van der Waals surface area contributed by atoms with Crippen LogP contribution in [0.5, 0.6) is 5.75 Å². The summed E-state index contributed by atoms with van der Waals surface area (Å²) in [7, 11) is 0. The molecule has 13 heteroatoms. The highest BCUT2D eigenvalue weighted by atomic mass is 19.4. The summed E-state index contributed by atoms with van der Waals surface area (Å²) in [6, 6.07) is 24.8. The monoisotopic (exact) mass is 785 g/mol. The van der Waals surface area contributed by atoms with Crippen molar-refractivity contribution >= 4 is 34.6 Å². The first kappa shape index (κ1) is 38.1. The van der Waals surface area contributed by atoms with Gasteiger partial charge in [0, 0.05) is 17.4 Å². The summed E-state index contributed by atoms with van der Waals surface area (Å²) in [5.41, 5.74) is -3.47. The number of allylic oxidation sites excluding steroid dienone is 4. The summed E-state index contributed by atoms with van der Waals surface area (Å²) in [5.74, 6) is -7.66. The van der Waals surface area contributed by atoms with E-state index in [-0.39, 0.29) is 49.3 Å². The van der Waals surface area contributed by atoms with Crippen molar-refractivity contribution in [3.05, 3.63) is 149 Å². The molecule has 3 aliphatic carbocycles. The van der Waals surface area contributed by atoms with Gasteiger partial charge < -0.3 is 9.84 Å². The number of imide groups is 1. The van der Waals surface area contributed by atoms with Gasteiger partial charge in [0.1, 0.15) is 12.4 Å². The lowest BCUT2D eigenvalue weighted by atomic mass is 9.44. The van der Waals surface area contributed by atoms with Crippen LogP contribution in [0.25, 0.3) is 5.57 Å². The third kappa shape index (κ3) is 6.19. The van der Waals surface area contributed by atoms with Crippen LogP contribution in [0.4, 0.5) is 32.0 Å². The fourth-order valence-corrected chi connectivity index (χ4v) is 9.49. The number of aliphatic hydroxyl groups is 1. The Balaban J connectivity index is 1.31. The van der Waals surface area contributed by atoms with Gasteiger partial charge in [0.05, 0.1) is 40.7 Å². The van der Waals surface area contributed by atoms with Crippen molar-refractivity contribution in [3.8, 4) is 5.75 Å². The maximum absolute atomic E-state index is 15.1. The molecule has 2 fully saturated rings. The highest BCUT2D eigenvalue weighted by Gasteiger charge is 2.66. The lowest BCUT2D eigenvalue weighted by Gasteiger charge is -2.55. The molecule has 1 N–H and O–H groups in total. The average Bonchev–Trinajstić information content (AvgIpc) is 3.46. The Bertz CT molecular complexity index is 2300. The number of benzene rings is 4. The number of ether oxygens (including phenoxy) is 1. The second-order valence-electron chi connectivity index (χ2n) is 14.7. The molecule has 4 aromatic rings. The van der Waals surface area contributed by atoms with Crippen molar-refractivity contribution in [2.24, 2.45) is 23.7 Å². The highest BCUT2D eigenvalue weighted by Crippen LogP contribution is 2.64. The second kappa shape index (κ2) is 14.0. The van der Waals surface area contributed by atoms with E-state index < -0.39 is 76.0 Å². The molecule has 1 heterocycles. The lowest BCUT2D eigenvalue weighted by molar-refractivity contribution is -0.143. The van der Waals surface area contributed by atoms with Gasteiger partial charge in [-0.05, 0) is 71.9 Å². The van der Waals surface area contributed by atoms with Gasteiger partial charge in [-0.2, -0.15) is 26.3 Å². The third-order valence-corrected chi connectivity index (χ3v) is 11.8. The molecule has 6 atom stereocenters. The molecule has 1 aliphatic heterocycles. The molecule has 57 heavy (non-hydrogen) atoms. The van der Waals surface area contributed by atoms with Crippen molar-refractivity contribution in [2.75, 3.05) is 18.1 Å². The summed E-state index contributed by atoms with van der Waals surface area (Å²) in [4.78, 5) is 59.3. The molecule has 0 radical (unpaired) electrons. The summed E-state index contributed by atoms with van der Waals surface area (Å²) in [6.07, 6.45) is -7.57. The zero-order chi connectivity index (χ0) is 40.4. The number of nitrogens with zero attached hydrogens (tertiary/aromatic N) is 1. The molecule has 4 aromatic carbocycles. The van der Waals surface area contributed by atoms with Gasteiger partial charge in [-0.25, -0.2) is 4.90 Å². The van der Waals surface area contributed by atoms with Crippen molar-refractivity contribution in [1.82, 2.24) is 0 Å². The average molecular weight is 786 g/mol. The van der Waals surface area contributed by atoms with E-state index in [1.165, 1.54) is 6.08 Å². The van der Waals surface area contributed by atoms with Crippen LogP contribution in [0.2, 0.25) is 0 Å². The van der Waals surface area contributed by atoms with E-state index in [0.717, 1.165) is 0 Å². The number of halogens is 6. The van der Waals surface area contributed by atoms with Crippen molar-refractivity contribution in [1.29, 1.82) is 0 Å². The van der Waals surface area contributed by atoms with Crippen molar-refractivity contribution < 1.29 is 55.4 Å². The lowest BCUT2D eigenvalue weighted by Crippen LogP contribution is -2.58. The number of aliphatic hydroxyl groups excluding tert-OH is 1. The smallest absolute Gasteiger partial charge is 0.416 e. The third-order valence-electron chi connectivity index (χ3n) is 11.8. The maximum Gasteiger partial charge on any atom is 0.416 e. The van der Waals surface area contributed by atoms with Crippen LogP contribution < -0.4 is 9.64 Å². The summed E-state index contributed by atoms with van der Waals surface area (Å²) in [5, 5.41) is 9.30. The largest absolute Gasteiger partial charge is 0.491 e.